The molecule has 1 heteroatoms. The first-order valence-corrected chi connectivity index (χ1v) is 7.64. The zero-order valence-electron chi connectivity index (χ0n) is 10.8. The van der Waals surface area contributed by atoms with Gasteiger partial charge in [-0.2, -0.15) is 0 Å². The Kier molecular flexibility index (Phi) is 8.08. The predicted octanol–water partition coefficient (Wildman–Crippen LogP) is 5.96. The first kappa shape index (κ1) is 14.5. The van der Waals surface area contributed by atoms with E-state index in [1.807, 2.05) is 4.99 Å². The Morgan fingerprint density at radius 1 is 0.941 bits per heavy atom. The van der Waals surface area contributed by atoms with Crippen molar-refractivity contribution in [3.63, 3.8) is 0 Å². The van der Waals surface area contributed by atoms with Crippen molar-refractivity contribution in [2.24, 2.45) is 0 Å². The van der Waals surface area contributed by atoms with Crippen molar-refractivity contribution < 1.29 is 0 Å². The van der Waals surface area contributed by atoms with Crippen molar-refractivity contribution in [2.45, 2.75) is 51.9 Å². The third-order valence-corrected chi connectivity index (χ3v) is 3.32. The molecule has 0 aliphatic carbocycles. The summed E-state index contributed by atoms with van der Waals surface area (Å²) in [5.74, 6) is 0. The van der Waals surface area contributed by atoms with Crippen LogP contribution in [0.25, 0.3) is 6.08 Å². The molecule has 0 heterocycles. The van der Waals surface area contributed by atoms with Crippen LogP contribution in [-0.2, 0) is 6.42 Å². The number of hydrogen-bond acceptors (Lipinski definition) is 0. The Balaban J connectivity index is 2.18. The van der Waals surface area contributed by atoms with Gasteiger partial charge in [0.25, 0.3) is 0 Å². The van der Waals surface area contributed by atoms with Crippen LogP contribution < -0.4 is 0 Å². The molecule has 1 rings (SSSR count). The van der Waals surface area contributed by atoms with Crippen LogP contribution in [0.2, 0.25) is 0 Å². The molecule has 0 radical (unpaired) electrons. The number of benzene rings is 1. The molecule has 0 amide bonds. The Morgan fingerprint density at radius 2 is 1.59 bits per heavy atom. The third-order valence-electron chi connectivity index (χ3n) is 3.05. The number of unbranched alkanes of at least 4 members (excludes halogenated alkanes) is 5. The minimum atomic E-state index is 1.23. The second kappa shape index (κ2) is 9.47. The average molecular weight is 295 g/mol. The van der Waals surface area contributed by atoms with Crippen molar-refractivity contribution in [1.82, 2.24) is 0 Å². The van der Waals surface area contributed by atoms with Gasteiger partial charge < -0.3 is 0 Å². The molecule has 0 nitrogen and oxygen atoms in total. The van der Waals surface area contributed by atoms with Gasteiger partial charge in [-0.3, -0.25) is 0 Å². The molecule has 1 aromatic carbocycles. The van der Waals surface area contributed by atoms with Crippen LogP contribution in [0.1, 0.15) is 56.6 Å². The van der Waals surface area contributed by atoms with Gasteiger partial charge in [-0.05, 0) is 35.0 Å². The molecule has 0 saturated carbocycles. The molecule has 0 saturated heterocycles. The summed E-state index contributed by atoms with van der Waals surface area (Å²) in [5, 5.41) is 0. The second-order valence-corrected chi connectivity index (χ2v) is 5.08. The maximum atomic E-state index is 3.30. The molecule has 0 N–H and O–H groups in total. The molecule has 0 bridgehead atoms. The lowest BCUT2D eigenvalue weighted by molar-refractivity contribution is 0.607. The average Bonchev–Trinajstić information content (AvgIpc) is 2.36. The highest BCUT2D eigenvalue weighted by molar-refractivity contribution is 9.11. The monoisotopic (exact) mass is 294 g/mol. The van der Waals surface area contributed by atoms with Crippen molar-refractivity contribution in [2.75, 3.05) is 0 Å². The van der Waals surface area contributed by atoms with Crippen LogP contribution in [0.3, 0.4) is 0 Å². The van der Waals surface area contributed by atoms with Crippen molar-refractivity contribution in [3.05, 3.63) is 40.4 Å². The van der Waals surface area contributed by atoms with E-state index in [-0.39, 0.29) is 0 Å². The summed E-state index contributed by atoms with van der Waals surface area (Å²) in [4.78, 5) is 1.90. The van der Waals surface area contributed by atoms with Gasteiger partial charge in [0.15, 0.2) is 0 Å². The Morgan fingerprint density at radius 3 is 2.24 bits per heavy atom. The zero-order chi connectivity index (χ0) is 12.3. The van der Waals surface area contributed by atoms with E-state index in [2.05, 4.69) is 53.2 Å². The number of halogens is 1. The van der Waals surface area contributed by atoms with E-state index >= 15 is 0 Å². The summed E-state index contributed by atoms with van der Waals surface area (Å²) < 4.78 is 0. The highest BCUT2D eigenvalue weighted by Crippen LogP contribution is 2.12. The first-order valence-electron chi connectivity index (χ1n) is 6.72. The molecule has 0 spiro atoms. The van der Waals surface area contributed by atoms with Gasteiger partial charge >= 0.3 is 0 Å². The van der Waals surface area contributed by atoms with Crippen LogP contribution in [0, 0.1) is 0 Å². The highest BCUT2D eigenvalue weighted by Gasteiger charge is 1.94. The Hall–Kier alpha value is -0.560. The summed E-state index contributed by atoms with van der Waals surface area (Å²) in [6.45, 7) is 2.27. The molecule has 0 aromatic heterocycles. The van der Waals surface area contributed by atoms with Gasteiger partial charge in [0.05, 0.1) is 0 Å². The second-order valence-electron chi connectivity index (χ2n) is 4.55. The van der Waals surface area contributed by atoms with E-state index in [1.54, 1.807) is 0 Å². The summed E-state index contributed by atoms with van der Waals surface area (Å²) in [6.07, 6.45) is 11.5. The molecule has 1 aromatic rings. The summed E-state index contributed by atoms with van der Waals surface area (Å²) in [5.41, 5.74) is 2.72. The lowest BCUT2D eigenvalue weighted by Crippen LogP contribution is -1.86. The number of rotatable bonds is 8. The summed E-state index contributed by atoms with van der Waals surface area (Å²) in [7, 11) is 0. The van der Waals surface area contributed by atoms with E-state index in [0.29, 0.717) is 0 Å². The molecule has 17 heavy (non-hydrogen) atoms. The van der Waals surface area contributed by atoms with Crippen molar-refractivity contribution in [3.8, 4) is 0 Å². The lowest BCUT2D eigenvalue weighted by Gasteiger charge is -2.02. The molecular formula is C16H23Br. The fourth-order valence-corrected chi connectivity index (χ4v) is 2.28. The first-order chi connectivity index (χ1) is 8.36. The standard InChI is InChI=1S/C16H23Br/c1-2-3-4-5-6-7-8-15-9-11-16(12-10-15)13-14-17/h9-14H,2-8H2,1H3. The van der Waals surface area contributed by atoms with Gasteiger partial charge in [0, 0.05) is 0 Å². The van der Waals surface area contributed by atoms with Crippen LogP contribution >= 0.6 is 15.9 Å². The van der Waals surface area contributed by atoms with E-state index in [0.717, 1.165) is 0 Å². The smallest absolute Gasteiger partial charge is 0.0183 e. The van der Waals surface area contributed by atoms with Gasteiger partial charge in [0.2, 0.25) is 0 Å². The third kappa shape index (κ3) is 6.68. The van der Waals surface area contributed by atoms with Crippen LogP contribution in [0.15, 0.2) is 29.3 Å². The fraction of sp³-hybridized carbons (Fsp3) is 0.500. The SMILES string of the molecule is CCCCCCCCc1ccc(C=CBr)cc1. The van der Waals surface area contributed by atoms with Gasteiger partial charge in [-0.15, -0.1) is 0 Å². The number of aryl methyl sites for hydroxylation is 1. The van der Waals surface area contributed by atoms with Crippen molar-refractivity contribution >= 4 is 22.0 Å². The van der Waals surface area contributed by atoms with Crippen LogP contribution in [0.4, 0.5) is 0 Å². The maximum Gasteiger partial charge on any atom is -0.0183 e. The zero-order valence-corrected chi connectivity index (χ0v) is 12.4. The molecule has 0 aliphatic rings. The van der Waals surface area contributed by atoms with Crippen LogP contribution in [-0.4, -0.2) is 0 Å². The molecule has 94 valence electrons. The maximum absolute atomic E-state index is 3.30. The van der Waals surface area contributed by atoms with Gasteiger partial charge in [0.1, 0.15) is 0 Å². The summed E-state index contributed by atoms with van der Waals surface area (Å²) in [6, 6.07) is 8.86. The van der Waals surface area contributed by atoms with E-state index in [9.17, 15) is 0 Å². The van der Waals surface area contributed by atoms with Gasteiger partial charge in [-0.1, -0.05) is 79.2 Å². The summed E-state index contributed by atoms with van der Waals surface area (Å²) >= 11 is 3.30. The molecule has 0 aliphatic heterocycles. The quantitative estimate of drug-likeness (QED) is 0.519. The molecule has 0 fully saturated rings. The van der Waals surface area contributed by atoms with Gasteiger partial charge in [-0.25, -0.2) is 0 Å². The topological polar surface area (TPSA) is 0 Å². The Labute approximate surface area is 114 Å². The fourth-order valence-electron chi connectivity index (χ4n) is 1.98. The van der Waals surface area contributed by atoms with E-state index < -0.39 is 0 Å². The minimum absolute atomic E-state index is 1.23. The van der Waals surface area contributed by atoms with E-state index in [4.69, 9.17) is 0 Å². The van der Waals surface area contributed by atoms with Crippen molar-refractivity contribution in [1.29, 1.82) is 0 Å². The highest BCUT2D eigenvalue weighted by atomic mass is 79.9. The normalized spacial score (nSPS) is 11.2. The molecular weight excluding hydrogens is 272 g/mol. The lowest BCUT2D eigenvalue weighted by atomic mass is 10.0. The predicted molar refractivity (Wildman–Crippen MR) is 81.5 cm³/mol. The minimum Gasteiger partial charge on any atom is -0.0654 e. The van der Waals surface area contributed by atoms with E-state index in [1.165, 1.54) is 56.1 Å². The van der Waals surface area contributed by atoms with Crippen LogP contribution in [0.5, 0.6) is 0 Å². The number of hydrogen-bond donors (Lipinski definition) is 0. The molecule has 0 atom stereocenters. The largest absolute Gasteiger partial charge is 0.0654 e. The Bertz CT molecular complexity index is 311. The molecule has 0 unspecified atom stereocenters.